The predicted octanol–water partition coefficient (Wildman–Crippen LogP) is 3.78. The summed E-state index contributed by atoms with van der Waals surface area (Å²) in [7, 11) is 0. The normalized spacial score (nSPS) is 28.8. The van der Waals surface area contributed by atoms with Crippen molar-refractivity contribution in [3.63, 3.8) is 0 Å². The molecule has 0 aliphatic carbocycles. The highest BCUT2D eigenvalue weighted by molar-refractivity contribution is 5.88. The topological polar surface area (TPSA) is 32.3 Å². The molecule has 0 radical (unpaired) electrons. The number of hydrogen-bond donors (Lipinski definition) is 1. The number of carbonyl (C=O) groups excluding carboxylic acids is 1. The molecule has 1 aliphatic rings. The molecule has 0 aromatic rings. The Hall–Kier alpha value is -0.570. The first-order valence-electron chi connectivity index (χ1n) is 8.41. The molecule has 1 fully saturated rings. The van der Waals surface area contributed by atoms with Crippen LogP contribution in [0.4, 0.5) is 0 Å². The summed E-state index contributed by atoms with van der Waals surface area (Å²) in [6, 6.07) is 0.321. The zero-order chi connectivity index (χ0) is 15.5. The van der Waals surface area contributed by atoms with E-state index in [0.717, 1.165) is 25.7 Å². The monoisotopic (exact) mass is 282 g/mol. The van der Waals surface area contributed by atoms with Crippen molar-refractivity contribution in [1.29, 1.82) is 0 Å². The highest BCUT2D eigenvalue weighted by Gasteiger charge is 2.48. The molecule has 0 aromatic carbocycles. The maximum absolute atomic E-state index is 12.9. The largest absolute Gasteiger partial charge is 0.323 e. The van der Waals surface area contributed by atoms with Crippen molar-refractivity contribution in [3.05, 3.63) is 0 Å². The molecule has 0 aromatic heterocycles. The second-order valence-electron chi connectivity index (χ2n) is 7.00. The van der Waals surface area contributed by atoms with E-state index in [-0.39, 0.29) is 11.7 Å². The molecule has 3 atom stereocenters. The molecule has 0 saturated carbocycles. The Bertz CT molecular complexity index is 325. The van der Waals surface area contributed by atoms with Crippen LogP contribution in [0, 0.1) is 11.8 Å². The summed E-state index contributed by atoms with van der Waals surface area (Å²) in [5, 5.41) is 3.61. The minimum Gasteiger partial charge on any atom is -0.323 e. The van der Waals surface area contributed by atoms with E-state index in [0.29, 0.717) is 23.8 Å². The average Bonchev–Trinajstić information content (AvgIpc) is 2.62. The number of rotatable bonds is 7. The molecule has 3 unspecified atom stereocenters. The molecular formula is C17H34N2O. The minimum atomic E-state index is -0.375. The number of amides is 1. The van der Waals surface area contributed by atoms with Gasteiger partial charge in [-0.25, -0.2) is 0 Å². The Kier molecular flexibility index (Phi) is 6.06. The molecule has 3 nitrogen and oxygen atoms in total. The Balaban J connectivity index is 3.00. The first-order chi connectivity index (χ1) is 9.30. The van der Waals surface area contributed by atoms with Gasteiger partial charge < -0.3 is 4.90 Å². The highest BCUT2D eigenvalue weighted by Crippen LogP contribution is 2.32. The molecule has 1 aliphatic heterocycles. The molecule has 0 bridgehead atoms. The van der Waals surface area contributed by atoms with Crippen molar-refractivity contribution in [2.24, 2.45) is 11.8 Å². The zero-order valence-corrected chi connectivity index (χ0v) is 14.5. The van der Waals surface area contributed by atoms with E-state index in [1.165, 1.54) is 0 Å². The summed E-state index contributed by atoms with van der Waals surface area (Å²) in [4.78, 5) is 15.0. The van der Waals surface area contributed by atoms with Gasteiger partial charge in [0.1, 0.15) is 0 Å². The summed E-state index contributed by atoms with van der Waals surface area (Å²) < 4.78 is 0. The third-order valence-electron chi connectivity index (χ3n) is 5.10. The smallest absolute Gasteiger partial charge is 0.244 e. The van der Waals surface area contributed by atoms with E-state index in [4.69, 9.17) is 0 Å². The lowest BCUT2D eigenvalue weighted by atomic mass is 9.92. The summed E-state index contributed by atoms with van der Waals surface area (Å²) in [5.74, 6) is 1.48. The SMILES string of the molecule is CCC(CC)C(C)N1C(=O)C(C)(CC)NC1CC(C)C. The standard InChI is InChI=1S/C17H34N2O/c1-8-14(9-2)13(6)19-15(11-12(4)5)18-17(7,10-3)16(19)20/h12-15,18H,8-11H2,1-7H3. The molecule has 20 heavy (non-hydrogen) atoms. The predicted molar refractivity (Wildman–Crippen MR) is 85.5 cm³/mol. The van der Waals surface area contributed by atoms with E-state index in [2.05, 4.69) is 58.7 Å². The summed E-state index contributed by atoms with van der Waals surface area (Å²) in [5.41, 5.74) is -0.375. The number of nitrogens with zero attached hydrogens (tertiary/aromatic N) is 1. The van der Waals surface area contributed by atoms with Gasteiger partial charge in [0.25, 0.3) is 0 Å². The van der Waals surface area contributed by atoms with Crippen molar-refractivity contribution in [1.82, 2.24) is 10.2 Å². The van der Waals surface area contributed by atoms with Gasteiger partial charge in [-0.15, -0.1) is 0 Å². The Labute approximate surface area is 125 Å². The Morgan fingerprint density at radius 2 is 1.75 bits per heavy atom. The van der Waals surface area contributed by atoms with Gasteiger partial charge in [0.05, 0.1) is 11.7 Å². The van der Waals surface area contributed by atoms with E-state index in [1.807, 2.05) is 0 Å². The van der Waals surface area contributed by atoms with Crippen LogP contribution in [0.25, 0.3) is 0 Å². The maximum Gasteiger partial charge on any atom is 0.244 e. The lowest BCUT2D eigenvalue weighted by Crippen LogP contribution is -2.47. The van der Waals surface area contributed by atoms with Crippen molar-refractivity contribution in [2.45, 2.75) is 91.9 Å². The second kappa shape index (κ2) is 6.93. The van der Waals surface area contributed by atoms with Crippen molar-refractivity contribution in [2.75, 3.05) is 0 Å². The molecule has 118 valence electrons. The maximum atomic E-state index is 12.9. The van der Waals surface area contributed by atoms with Crippen LogP contribution < -0.4 is 5.32 Å². The van der Waals surface area contributed by atoms with Crippen LogP contribution in [-0.2, 0) is 4.79 Å². The van der Waals surface area contributed by atoms with Crippen LogP contribution in [-0.4, -0.2) is 28.6 Å². The van der Waals surface area contributed by atoms with Gasteiger partial charge in [-0.3, -0.25) is 10.1 Å². The van der Waals surface area contributed by atoms with Crippen LogP contribution >= 0.6 is 0 Å². The minimum absolute atomic E-state index is 0.197. The number of nitrogens with one attached hydrogen (secondary N) is 1. The molecular weight excluding hydrogens is 248 g/mol. The summed E-state index contributed by atoms with van der Waals surface area (Å²) in [6.07, 6.45) is 4.36. The van der Waals surface area contributed by atoms with Crippen molar-refractivity contribution >= 4 is 5.91 Å². The van der Waals surface area contributed by atoms with E-state index < -0.39 is 0 Å². The van der Waals surface area contributed by atoms with Crippen molar-refractivity contribution < 1.29 is 4.79 Å². The number of hydrogen-bond acceptors (Lipinski definition) is 2. The zero-order valence-electron chi connectivity index (χ0n) is 14.5. The lowest BCUT2D eigenvalue weighted by molar-refractivity contribution is -0.136. The van der Waals surface area contributed by atoms with Crippen LogP contribution in [0.1, 0.15) is 74.1 Å². The Morgan fingerprint density at radius 1 is 1.20 bits per heavy atom. The Morgan fingerprint density at radius 3 is 2.15 bits per heavy atom. The van der Waals surface area contributed by atoms with Gasteiger partial charge in [0, 0.05) is 6.04 Å². The molecule has 3 heteroatoms. The third-order valence-corrected chi connectivity index (χ3v) is 5.10. The molecule has 1 heterocycles. The van der Waals surface area contributed by atoms with Crippen LogP contribution in [0.2, 0.25) is 0 Å². The third kappa shape index (κ3) is 3.36. The van der Waals surface area contributed by atoms with E-state index in [1.54, 1.807) is 0 Å². The lowest BCUT2D eigenvalue weighted by Gasteiger charge is -2.35. The first kappa shape index (κ1) is 17.5. The summed E-state index contributed by atoms with van der Waals surface area (Å²) in [6.45, 7) is 15.3. The van der Waals surface area contributed by atoms with Gasteiger partial charge in [-0.2, -0.15) is 0 Å². The van der Waals surface area contributed by atoms with Gasteiger partial charge in [-0.05, 0) is 38.5 Å². The molecule has 0 spiro atoms. The van der Waals surface area contributed by atoms with Gasteiger partial charge in [0.2, 0.25) is 5.91 Å². The first-order valence-corrected chi connectivity index (χ1v) is 8.41. The van der Waals surface area contributed by atoms with Gasteiger partial charge >= 0.3 is 0 Å². The molecule has 1 N–H and O–H groups in total. The highest BCUT2D eigenvalue weighted by atomic mass is 16.2. The summed E-state index contributed by atoms with van der Waals surface area (Å²) >= 11 is 0. The number of carbonyl (C=O) groups is 1. The fourth-order valence-corrected chi connectivity index (χ4v) is 3.46. The van der Waals surface area contributed by atoms with E-state index >= 15 is 0 Å². The van der Waals surface area contributed by atoms with Crippen LogP contribution in [0.5, 0.6) is 0 Å². The fourth-order valence-electron chi connectivity index (χ4n) is 3.46. The van der Waals surface area contributed by atoms with Crippen molar-refractivity contribution in [3.8, 4) is 0 Å². The fraction of sp³-hybridized carbons (Fsp3) is 0.941. The molecule has 1 rings (SSSR count). The van der Waals surface area contributed by atoms with Crippen LogP contribution in [0.15, 0.2) is 0 Å². The quantitative estimate of drug-likeness (QED) is 0.770. The molecule has 1 amide bonds. The molecule has 1 saturated heterocycles. The second-order valence-corrected chi connectivity index (χ2v) is 7.00. The van der Waals surface area contributed by atoms with Gasteiger partial charge in [-0.1, -0.05) is 47.5 Å². The van der Waals surface area contributed by atoms with E-state index in [9.17, 15) is 4.79 Å². The van der Waals surface area contributed by atoms with Gasteiger partial charge in [0.15, 0.2) is 0 Å². The average molecular weight is 282 g/mol. The van der Waals surface area contributed by atoms with Crippen LogP contribution in [0.3, 0.4) is 0 Å².